The van der Waals surface area contributed by atoms with Gasteiger partial charge >= 0.3 is 0 Å². The molecular weight excluding hydrogens is 162 g/mol. The van der Waals surface area contributed by atoms with Crippen molar-refractivity contribution in [1.29, 1.82) is 0 Å². The molecule has 0 aromatic carbocycles. The summed E-state index contributed by atoms with van der Waals surface area (Å²) in [6.07, 6.45) is 1.16. The quantitative estimate of drug-likeness (QED) is 0.719. The average Bonchev–Trinajstić information content (AvgIpc) is 2.47. The molecule has 0 radical (unpaired) electrons. The van der Waals surface area contributed by atoms with E-state index < -0.39 is 0 Å². The van der Waals surface area contributed by atoms with Crippen molar-refractivity contribution in [2.24, 2.45) is 16.1 Å². The van der Waals surface area contributed by atoms with Crippen LogP contribution >= 0.6 is 0 Å². The van der Waals surface area contributed by atoms with Crippen molar-refractivity contribution in [2.45, 2.75) is 40.2 Å². The zero-order chi connectivity index (χ0) is 10.1. The molecule has 1 aliphatic heterocycles. The average molecular weight is 183 g/mol. The second-order valence-corrected chi connectivity index (χ2v) is 4.34. The molecule has 1 aliphatic rings. The Balaban J connectivity index is 2.74. The predicted octanol–water partition coefficient (Wildman–Crippen LogP) is 1.44. The molecule has 1 atom stereocenters. The van der Waals surface area contributed by atoms with Gasteiger partial charge < -0.3 is 10.6 Å². The summed E-state index contributed by atoms with van der Waals surface area (Å²) in [6, 6.07) is 0.488. The highest BCUT2D eigenvalue weighted by molar-refractivity contribution is 5.80. The van der Waals surface area contributed by atoms with Crippen LogP contribution in [0.2, 0.25) is 0 Å². The molecule has 3 heteroatoms. The lowest BCUT2D eigenvalue weighted by Crippen LogP contribution is -2.47. The van der Waals surface area contributed by atoms with E-state index in [4.69, 9.17) is 5.73 Å². The Morgan fingerprint density at radius 1 is 1.54 bits per heavy atom. The minimum Gasteiger partial charge on any atom is -0.370 e. The fraction of sp³-hybridized carbons (Fsp3) is 0.900. The molecule has 0 aromatic heterocycles. The normalized spacial score (nSPS) is 23.5. The number of nitrogens with two attached hydrogens (primary N) is 1. The summed E-state index contributed by atoms with van der Waals surface area (Å²) in [7, 11) is 0. The van der Waals surface area contributed by atoms with Crippen LogP contribution in [0.15, 0.2) is 4.99 Å². The smallest absolute Gasteiger partial charge is 0.191 e. The maximum atomic E-state index is 5.81. The molecule has 1 heterocycles. The highest BCUT2D eigenvalue weighted by Gasteiger charge is 2.36. The minimum absolute atomic E-state index is 0.306. The summed E-state index contributed by atoms with van der Waals surface area (Å²) in [5.74, 6) is 0.717. The SMILES string of the molecule is CCN1C(N)=NCC1C(C)(C)CC. The van der Waals surface area contributed by atoms with Crippen LogP contribution in [-0.2, 0) is 0 Å². The van der Waals surface area contributed by atoms with Gasteiger partial charge in [-0.15, -0.1) is 0 Å². The van der Waals surface area contributed by atoms with E-state index >= 15 is 0 Å². The Morgan fingerprint density at radius 3 is 2.62 bits per heavy atom. The Hall–Kier alpha value is -0.730. The lowest BCUT2D eigenvalue weighted by atomic mass is 9.81. The molecule has 0 saturated carbocycles. The lowest BCUT2D eigenvalue weighted by molar-refractivity contribution is 0.168. The summed E-state index contributed by atoms with van der Waals surface area (Å²) < 4.78 is 0. The van der Waals surface area contributed by atoms with E-state index in [-0.39, 0.29) is 0 Å². The van der Waals surface area contributed by atoms with Crippen molar-refractivity contribution in [2.75, 3.05) is 13.1 Å². The van der Waals surface area contributed by atoms with E-state index in [0.717, 1.165) is 19.5 Å². The first-order chi connectivity index (χ1) is 6.03. The third-order valence-corrected chi connectivity index (χ3v) is 3.25. The van der Waals surface area contributed by atoms with Crippen molar-refractivity contribution < 1.29 is 0 Å². The zero-order valence-electron chi connectivity index (χ0n) is 9.17. The van der Waals surface area contributed by atoms with E-state index in [9.17, 15) is 0 Å². The van der Waals surface area contributed by atoms with Crippen LogP contribution in [0, 0.1) is 5.41 Å². The van der Waals surface area contributed by atoms with Gasteiger partial charge in [-0.1, -0.05) is 20.8 Å². The van der Waals surface area contributed by atoms with E-state index in [2.05, 4.69) is 37.6 Å². The van der Waals surface area contributed by atoms with Crippen molar-refractivity contribution in [1.82, 2.24) is 4.90 Å². The molecule has 1 unspecified atom stereocenters. The monoisotopic (exact) mass is 183 g/mol. The molecule has 0 amide bonds. The van der Waals surface area contributed by atoms with Gasteiger partial charge in [0.2, 0.25) is 0 Å². The molecule has 0 saturated heterocycles. The fourth-order valence-corrected chi connectivity index (χ4v) is 1.82. The van der Waals surface area contributed by atoms with Gasteiger partial charge in [-0.25, -0.2) is 0 Å². The van der Waals surface area contributed by atoms with Crippen molar-refractivity contribution in [3.8, 4) is 0 Å². The van der Waals surface area contributed by atoms with Crippen LogP contribution in [0.3, 0.4) is 0 Å². The van der Waals surface area contributed by atoms with Gasteiger partial charge in [0.15, 0.2) is 5.96 Å². The van der Waals surface area contributed by atoms with Crippen molar-refractivity contribution in [3.63, 3.8) is 0 Å². The minimum atomic E-state index is 0.306. The molecule has 0 bridgehead atoms. The lowest BCUT2D eigenvalue weighted by Gasteiger charge is -2.37. The number of rotatable bonds is 3. The second kappa shape index (κ2) is 3.56. The molecule has 3 nitrogen and oxygen atoms in total. The molecule has 0 spiro atoms. The standard InChI is InChI=1S/C10H21N3/c1-5-10(3,4)8-7-12-9(11)13(8)6-2/h8H,5-7H2,1-4H3,(H2,11,12). The summed E-state index contributed by atoms with van der Waals surface area (Å²) in [6.45, 7) is 10.8. The first-order valence-corrected chi connectivity index (χ1v) is 5.09. The van der Waals surface area contributed by atoms with Crippen molar-refractivity contribution >= 4 is 5.96 Å². The van der Waals surface area contributed by atoms with Crippen LogP contribution in [0.1, 0.15) is 34.1 Å². The fourth-order valence-electron chi connectivity index (χ4n) is 1.82. The number of hydrogen-bond acceptors (Lipinski definition) is 3. The van der Waals surface area contributed by atoms with Crippen molar-refractivity contribution in [3.05, 3.63) is 0 Å². The highest BCUT2D eigenvalue weighted by Crippen LogP contribution is 2.31. The summed E-state index contributed by atoms with van der Waals surface area (Å²) >= 11 is 0. The molecular formula is C10H21N3. The Labute approximate surface area is 81.0 Å². The van der Waals surface area contributed by atoms with E-state index in [0.29, 0.717) is 17.4 Å². The number of guanidine groups is 1. The number of likely N-dealkylation sites (N-methyl/N-ethyl adjacent to an activating group) is 1. The summed E-state index contributed by atoms with van der Waals surface area (Å²) in [5.41, 5.74) is 6.11. The topological polar surface area (TPSA) is 41.6 Å². The zero-order valence-corrected chi connectivity index (χ0v) is 9.17. The molecule has 2 N–H and O–H groups in total. The van der Waals surface area contributed by atoms with Gasteiger partial charge in [-0.05, 0) is 18.8 Å². The first kappa shape index (κ1) is 10.4. The number of nitrogens with zero attached hydrogens (tertiary/aromatic N) is 2. The van der Waals surface area contributed by atoms with Gasteiger partial charge in [0.25, 0.3) is 0 Å². The van der Waals surface area contributed by atoms with Crippen LogP contribution in [0.25, 0.3) is 0 Å². The Morgan fingerprint density at radius 2 is 2.15 bits per heavy atom. The third kappa shape index (κ3) is 1.79. The van der Waals surface area contributed by atoms with Gasteiger partial charge in [-0.3, -0.25) is 4.99 Å². The Bertz CT molecular complexity index is 208. The van der Waals surface area contributed by atoms with Crippen LogP contribution < -0.4 is 5.73 Å². The first-order valence-electron chi connectivity index (χ1n) is 5.09. The molecule has 1 rings (SSSR count). The van der Waals surface area contributed by atoms with Gasteiger partial charge in [0.1, 0.15) is 0 Å². The van der Waals surface area contributed by atoms with Gasteiger partial charge in [-0.2, -0.15) is 0 Å². The molecule has 76 valence electrons. The third-order valence-electron chi connectivity index (χ3n) is 3.25. The predicted molar refractivity (Wildman–Crippen MR) is 56.7 cm³/mol. The van der Waals surface area contributed by atoms with Gasteiger partial charge in [0.05, 0.1) is 12.6 Å². The summed E-state index contributed by atoms with van der Waals surface area (Å²) in [4.78, 5) is 6.52. The number of aliphatic imine (C=N–C) groups is 1. The van der Waals surface area contributed by atoms with Gasteiger partial charge in [0, 0.05) is 6.54 Å². The largest absolute Gasteiger partial charge is 0.370 e. The molecule has 0 aliphatic carbocycles. The van der Waals surface area contributed by atoms with E-state index in [1.807, 2.05) is 0 Å². The van der Waals surface area contributed by atoms with Crippen LogP contribution in [0.5, 0.6) is 0 Å². The second-order valence-electron chi connectivity index (χ2n) is 4.34. The number of hydrogen-bond donors (Lipinski definition) is 1. The maximum Gasteiger partial charge on any atom is 0.191 e. The molecule has 0 fully saturated rings. The molecule has 0 aromatic rings. The van der Waals surface area contributed by atoms with E-state index in [1.165, 1.54) is 0 Å². The van der Waals surface area contributed by atoms with Crippen LogP contribution in [-0.4, -0.2) is 30.0 Å². The summed E-state index contributed by atoms with van der Waals surface area (Å²) in [5, 5.41) is 0. The maximum absolute atomic E-state index is 5.81. The highest BCUT2D eigenvalue weighted by atomic mass is 15.3. The van der Waals surface area contributed by atoms with Crippen LogP contribution in [0.4, 0.5) is 0 Å². The van der Waals surface area contributed by atoms with E-state index in [1.54, 1.807) is 0 Å². The Kier molecular flexibility index (Phi) is 2.84. The molecule has 13 heavy (non-hydrogen) atoms.